The van der Waals surface area contributed by atoms with Crippen LogP contribution < -0.4 is 11.1 Å². The quantitative estimate of drug-likeness (QED) is 0.455. The number of hydrogen-bond donors (Lipinski definition) is 2. The highest BCUT2D eigenvalue weighted by atomic mass is 16.5. The first-order chi connectivity index (χ1) is 10.8. The van der Waals surface area contributed by atoms with Crippen LogP contribution in [0.4, 0.5) is 0 Å². The van der Waals surface area contributed by atoms with Gasteiger partial charge in [-0.2, -0.15) is 0 Å². The van der Waals surface area contributed by atoms with Crippen LogP contribution in [0.25, 0.3) is 0 Å². The van der Waals surface area contributed by atoms with E-state index >= 15 is 0 Å². The standard InChI is InChI=1S/C18H30N2O2.H2O/c1-2-3-9-14-20-17(12-7-8-13-19)18(21)22-15-16-10-5-4-6-11-16;/h4-6,10-11,17,20H,2-3,7-9,12-15,19H2,1H3;1H2. The van der Waals surface area contributed by atoms with Crippen molar-refractivity contribution in [2.24, 2.45) is 5.73 Å². The SMILES string of the molecule is CCCCCNC(CCCCN)C(=O)OCc1ccccc1.O. The van der Waals surface area contributed by atoms with Crippen molar-refractivity contribution in [2.45, 2.75) is 58.1 Å². The molecule has 0 spiro atoms. The first-order valence-corrected chi connectivity index (χ1v) is 8.42. The summed E-state index contributed by atoms with van der Waals surface area (Å²) in [6.07, 6.45) is 6.13. The molecular weight excluding hydrogens is 292 g/mol. The van der Waals surface area contributed by atoms with Gasteiger partial charge in [0.2, 0.25) is 0 Å². The largest absolute Gasteiger partial charge is 0.460 e. The summed E-state index contributed by atoms with van der Waals surface area (Å²) in [4.78, 5) is 12.3. The van der Waals surface area contributed by atoms with Crippen LogP contribution in [-0.4, -0.2) is 30.6 Å². The monoisotopic (exact) mass is 324 g/mol. The molecule has 1 atom stereocenters. The minimum atomic E-state index is -0.216. The molecule has 0 aromatic heterocycles. The Morgan fingerprint density at radius 2 is 1.91 bits per heavy atom. The molecule has 23 heavy (non-hydrogen) atoms. The first kappa shape index (κ1) is 21.6. The predicted molar refractivity (Wildman–Crippen MR) is 94.1 cm³/mol. The van der Waals surface area contributed by atoms with Gasteiger partial charge in [-0.3, -0.25) is 4.79 Å². The summed E-state index contributed by atoms with van der Waals surface area (Å²) >= 11 is 0. The Bertz CT molecular complexity index is 399. The van der Waals surface area contributed by atoms with Crippen LogP contribution >= 0.6 is 0 Å². The van der Waals surface area contributed by atoms with Crippen molar-refractivity contribution in [2.75, 3.05) is 13.1 Å². The Morgan fingerprint density at radius 3 is 2.57 bits per heavy atom. The fraction of sp³-hybridized carbons (Fsp3) is 0.611. The van der Waals surface area contributed by atoms with Crippen LogP contribution in [0.5, 0.6) is 0 Å². The van der Waals surface area contributed by atoms with Gasteiger partial charge in [0.15, 0.2) is 0 Å². The Balaban J connectivity index is 0.00000484. The third-order valence-corrected chi connectivity index (χ3v) is 3.63. The number of unbranched alkanes of at least 4 members (excludes halogenated alkanes) is 3. The third kappa shape index (κ3) is 10.0. The van der Waals surface area contributed by atoms with Gasteiger partial charge >= 0.3 is 5.97 Å². The van der Waals surface area contributed by atoms with Gasteiger partial charge in [0.25, 0.3) is 0 Å². The highest BCUT2D eigenvalue weighted by Crippen LogP contribution is 2.07. The van der Waals surface area contributed by atoms with Crippen molar-refractivity contribution in [3.05, 3.63) is 35.9 Å². The Hall–Kier alpha value is -1.43. The van der Waals surface area contributed by atoms with Crippen LogP contribution in [0.1, 0.15) is 51.0 Å². The minimum Gasteiger partial charge on any atom is -0.460 e. The number of nitrogens with one attached hydrogen (secondary N) is 1. The molecule has 5 N–H and O–H groups in total. The predicted octanol–water partition coefficient (Wildman–Crippen LogP) is 2.18. The summed E-state index contributed by atoms with van der Waals surface area (Å²) < 4.78 is 5.45. The lowest BCUT2D eigenvalue weighted by atomic mass is 10.1. The van der Waals surface area contributed by atoms with Crippen LogP contribution in [0.3, 0.4) is 0 Å². The third-order valence-electron chi connectivity index (χ3n) is 3.63. The summed E-state index contributed by atoms with van der Waals surface area (Å²) in [5, 5.41) is 3.33. The fourth-order valence-corrected chi connectivity index (χ4v) is 2.28. The van der Waals surface area contributed by atoms with Gasteiger partial charge in [-0.1, -0.05) is 56.5 Å². The van der Waals surface area contributed by atoms with Crippen LogP contribution in [0, 0.1) is 0 Å². The number of carbonyl (C=O) groups excluding carboxylic acids is 1. The van der Waals surface area contributed by atoms with E-state index in [9.17, 15) is 4.79 Å². The molecule has 5 nitrogen and oxygen atoms in total. The molecule has 1 aromatic rings. The second-order valence-corrected chi connectivity index (χ2v) is 5.59. The summed E-state index contributed by atoms with van der Waals surface area (Å²) in [5.74, 6) is -0.155. The van der Waals surface area contributed by atoms with E-state index in [4.69, 9.17) is 10.5 Å². The van der Waals surface area contributed by atoms with E-state index in [2.05, 4.69) is 12.2 Å². The lowest BCUT2D eigenvalue weighted by Gasteiger charge is -2.17. The highest BCUT2D eigenvalue weighted by Gasteiger charge is 2.18. The molecule has 0 fully saturated rings. The molecule has 0 amide bonds. The van der Waals surface area contributed by atoms with Crippen molar-refractivity contribution in [1.29, 1.82) is 0 Å². The Morgan fingerprint density at radius 1 is 1.17 bits per heavy atom. The summed E-state index contributed by atoms with van der Waals surface area (Å²) in [6, 6.07) is 9.56. The zero-order valence-corrected chi connectivity index (χ0v) is 14.2. The second kappa shape index (κ2) is 14.2. The second-order valence-electron chi connectivity index (χ2n) is 5.59. The number of rotatable bonds is 12. The fourth-order valence-electron chi connectivity index (χ4n) is 2.28. The summed E-state index contributed by atoms with van der Waals surface area (Å²) in [6.45, 7) is 4.04. The van der Waals surface area contributed by atoms with Crippen molar-refractivity contribution in [3.63, 3.8) is 0 Å². The molecule has 132 valence electrons. The van der Waals surface area contributed by atoms with Crippen LogP contribution in [0.15, 0.2) is 30.3 Å². The molecular formula is C18H32N2O3. The van der Waals surface area contributed by atoms with Crippen molar-refractivity contribution >= 4 is 5.97 Å². The van der Waals surface area contributed by atoms with E-state index in [0.717, 1.165) is 37.8 Å². The molecule has 0 aliphatic carbocycles. The van der Waals surface area contributed by atoms with Crippen molar-refractivity contribution < 1.29 is 15.0 Å². The van der Waals surface area contributed by atoms with Crippen LogP contribution in [-0.2, 0) is 16.1 Å². The zero-order valence-electron chi connectivity index (χ0n) is 14.2. The molecule has 1 aromatic carbocycles. The number of esters is 1. The smallest absolute Gasteiger partial charge is 0.323 e. The molecule has 1 unspecified atom stereocenters. The molecule has 0 saturated heterocycles. The average molecular weight is 324 g/mol. The Kier molecular flexibility index (Phi) is 13.3. The van der Waals surface area contributed by atoms with Crippen molar-refractivity contribution in [1.82, 2.24) is 5.32 Å². The summed E-state index contributed by atoms with van der Waals surface area (Å²) in [5.41, 5.74) is 6.54. The molecule has 0 saturated carbocycles. The van der Waals surface area contributed by atoms with Gasteiger partial charge in [-0.05, 0) is 37.9 Å². The van der Waals surface area contributed by atoms with E-state index < -0.39 is 0 Å². The maximum absolute atomic E-state index is 12.3. The van der Waals surface area contributed by atoms with E-state index in [1.165, 1.54) is 12.8 Å². The van der Waals surface area contributed by atoms with Gasteiger partial charge in [-0.15, -0.1) is 0 Å². The number of benzene rings is 1. The average Bonchev–Trinajstić information content (AvgIpc) is 2.56. The topological polar surface area (TPSA) is 95.8 Å². The molecule has 0 radical (unpaired) electrons. The lowest BCUT2D eigenvalue weighted by Crippen LogP contribution is -2.38. The molecule has 0 heterocycles. The lowest BCUT2D eigenvalue weighted by molar-refractivity contribution is -0.147. The van der Waals surface area contributed by atoms with E-state index in [1.807, 2.05) is 30.3 Å². The van der Waals surface area contributed by atoms with Crippen molar-refractivity contribution in [3.8, 4) is 0 Å². The number of carbonyl (C=O) groups is 1. The molecule has 0 bridgehead atoms. The number of hydrogen-bond acceptors (Lipinski definition) is 4. The summed E-state index contributed by atoms with van der Waals surface area (Å²) in [7, 11) is 0. The maximum atomic E-state index is 12.3. The molecule has 0 aliphatic rings. The van der Waals surface area contributed by atoms with Crippen LogP contribution in [0.2, 0.25) is 0 Å². The highest BCUT2D eigenvalue weighted by molar-refractivity contribution is 5.75. The number of ether oxygens (including phenoxy) is 1. The van der Waals surface area contributed by atoms with Gasteiger partial charge in [0.05, 0.1) is 0 Å². The molecule has 0 aliphatic heterocycles. The minimum absolute atomic E-state index is 0. The molecule has 5 heteroatoms. The Labute approximate surface area is 139 Å². The first-order valence-electron chi connectivity index (χ1n) is 8.42. The normalized spacial score (nSPS) is 11.6. The number of nitrogens with two attached hydrogens (primary N) is 1. The van der Waals surface area contributed by atoms with Gasteiger partial charge in [-0.25, -0.2) is 0 Å². The molecule has 1 rings (SSSR count). The van der Waals surface area contributed by atoms with Gasteiger partial charge < -0.3 is 21.3 Å². The van der Waals surface area contributed by atoms with Gasteiger partial charge in [0, 0.05) is 0 Å². The van der Waals surface area contributed by atoms with E-state index in [1.54, 1.807) is 0 Å². The maximum Gasteiger partial charge on any atom is 0.323 e. The zero-order chi connectivity index (χ0) is 16.0. The van der Waals surface area contributed by atoms with Gasteiger partial charge in [0.1, 0.15) is 12.6 Å². The van der Waals surface area contributed by atoms with E-state index in [0.29, 0.717) is 13.2 Å². The van der Waals surface area contributed by atoms with E-state index in [-0.39, 0.29) is 17.5 Å².